The van der Waals surface area contributed by atoms with Gasteiger partial charge in [-0.25, -0.2) is 19.3 Å². The molecule has 1 amide bonds. The van der Waals surface area contributed by atoms with E-state index in [1.165, 1.54) is 45.2 Å². The van der Waals surface area contributed by atoms with Gasteiger partial charge in [-0.3, -0.25) is 9.78 Å². The first kappa shape index (κ1) is 29.3. The lowest BCUT2D eigenvalue weighted by atomic mass is 9.93. The number of amides is 1. The minimum absolute atomic E-state index is 0.0697. The predicted octanol–water partition coefficient (Wildman–Crippen LogP) is 7.09. The third kappa shape index (κ3) is 4.66. The third-order valence-corrected chi connectivity index (χ3v) is 11.8. The van der Waals surface area contributed by atoms with E-state index in [-0.39, 0.29) is 29.7 Å². The molecule has 1 saturated heterocycles. The summed E-state index contributed by atoms with van der Waals surface area (Å²) in [5, 5.41) is 12.8. The number of rotatable bonds is 8. The van der Waals surface area contributed by atoms with E-state index in [1.54, 1.807) is 13.3 Å². The highest BCUT2D eigenvalue weighted by atomic mass is 32.1. The van der Waals surface area contributed by atoms with Crippen molar-refractivity contribution in [2.75, 3.05) is 19.0 Å². The van der Waals surface area contributed by atoms with Crippen molar-refractivity contribution in [2.45, 2.75) is 50.6 Å². The normalized spacial score (nSPS) is 18.0. The molecule has 2 atom stereocenters. The number of benzene rings is 1. The Morgan fingerprint density at radius 3 is 2.88 bits per heavy atom. The van der Waals surface area contributed by atoms with E-state index in [9.17, 15) is 14.0 Å². The Kier molecular flexibility index (Phi) is 6.94. The van der Waals surface area contributed by atoms with Crippen LogP contribution in [-0.2, 0) is 19.3 Å². The van der Waals surface area contributed by atoms with Crippen molar-refractivity contribution >= 4 is 44.5 Å². The zero-order chi connectivity index (χ0) is 32.5. The number of ether oxygens (including phenoxy) is 1. The Labute approximate surface area is 281 Å². The number of thiophene rings is 2. The van der Waals surface area contributed by atoms with Gasteiger partial charge in [-0.1, -0.05) is 12.1 Å². The van der Waals surface area contributed by atoms with Gasteiger partial charge >= 0.3 is 5.76 Å². The number of anilines is 1. The largest absolute Gasteiger partial charge is 0.496 e. The second kappa shape index (κ2) is 11.4. The predicted molar refractivity (Wildman–Crippen MR) is 181 cm³/mol. The summed E-state index contributed by atoms with van der Waals surface area (Å²) in [5.41, 5.74) is 5.50. The standard InChI is InChI=1S/C35H29FN6O4S2/c1-45-25-6-2-4-20-21(25)8-10-22(20)39-32-31-17(11-12-37-32)14-26(48-31)28-27(33-40-41-35(44)46-33)23(9-7-19-15-18(36)16-47-19)38-30-24-5-3-13-42(24)34(43)29(28)30/h2,4,6,11-12,14-16,22,24H,3,5,7-10,13H2,1H3,(H,37,39)(H,41,44)/t22-,24+/m0/s1. The van der Waals surface area contributed by atoms with Crippen LogP contribution < -0.4 is 15.8 Å². The smallest absolute Gasteiger partial charge is 0.434 e. The van der Waals surface area contributed by atoms with Gasteiger partial charge in [0.15, 0.2) is 0 Å². The maximum absolute atomic E-state index is 14.1. The van der Waals surface area contributed by atoms with Gasteiger partial charge in [0.05, 0.1) is 46.4 Å². The molecule has 10 nitrogen and oxygen atoms in total. The number of hydrogen-bond acceptors (Lipinski definition) is 10. The summed E-state index contributed by atoms with van der Waals surface area (Å²) in [4.78, 5) is 39.9. The van der Waals surface area contributed by atoms with Crippen molar-refractivity contribution < 1.29 is 18.3 Å². The summed E-state index contributed by atoms with van der Waals surface area (Å²) < 4.78 is 26.1. The fourth-order valence-electron chi connectivity index (χ4n) is 7.59. The second-order valence-electron chi connectivity index (χ2n) is 12.3. The lowest BCUT2D eigenvalue weighted by molar-refractivity contribution is 0.0776. The first-order chi connectivity index (χ1) is 23.5. The number of nitrogens with one attached hydrogen (secondary N) is 2. The van der Waals surface area contributed by atoms with Crippen LogP contribution in [0.4, 0.5) is 10.2 Å². The molecule has 5 aromatic heterocycles. The molecule has 0 radical (unpaired) electrons. The highest BCUT2D eigenvalue weighted by Crippen LogP contribution is 2.50. The van der Waals surface area contributed by atoms with E-state index in [0.29, 0.717) is 41.8 Å². The minimum Gasteiger partial charge on any atom is -0.496 e. The van der Waals surface area contributed by atoms with Crippen LogP contribution in [-0.4, -0.2) is 44.6 Å². The van der Waals surface area contributed by atoms with Gasteiger partial charge in [-0.2, -0.15) is 0 Å². The molecule has 3 aliphatic rings. The number of nitrogens with zero attached hydrogens (tertiary/aromatic N) is 4. The number of carbonyl (C=O) groups is 1. The second-order valence-corrected chi connectivity index (χ2v) is 14.4. The number of pyridine rings is 2. The molecule has 0 unspecified atom stereocenters. The molecular weight excluding hydrogens is 652 g/mol. The zero-order valence-electron chi connectivity index (χ0n) is 25.8. The van der Waals surface area contributed by atoms with Gasteiger partial charge in [0.1, 0.15) is 17.4 Å². The Hall–Kier alpha value is -4.88. The number of aryl methyl sites for hydroxylation is 2. The molecule has 0 saturated carbocycles. The zero-order valence-corrected chi connectivity index (χ0v) is 27.5. The average molecular weight is 681 g/mol. The molecule has 0 bridgehead atoms. The highest BCUT2D eigenvalue weighted by molar-refractivity contribution is 7.23. The van der Waals surface area contributed by atoms with Gasteiger partial charge in [0, 0.05) is 33.4 Å². The average Bonchev–Trinajstić information content (AvgIpc) is 3.94. The minimum atomic E-state index is -0.699. The van der Waals surface area contributed by atoms with Crippen molar-refractivity contribution in [3.63, 3.8) is 0 Å². The highest BCUT2D eigenvalue weighted by Gasteiger charge is 2.45. The lowest BCUT2D eigenvalue weighted by Crippen LogP contribution is -2.22. The van der Waals surface area contributed by atoms with Crippen molar-refractivity contribution in [2.24, 2.45) is 0 Å². The topological polar surface area (TPSA) is 126 Å². The lowest BCUT2D eigenvalue weighted by Gasteiger charge is -2.16. The molecule has 0 spiro atoms. The van der Waals surface area contributed by atoms with Crippen molar-refractivity contribution in [1.82, 2.24) is 25.1 Å². The molecular formula is C35H29FN6O4S2. The molecule has 9 rings (SSSR count). The quantitative estimate of drug-likeness (QED) is 0.175. The Morgan fingerprint density at radius 1 is 1.15 bits per heavy atom. The number of methoxy groups -OCH3 is 1. The van der Waals surface area contributed by atoms with Gasteiger partial charge < -0.3 is 19.4 Å². The van der Waals surface area contributed by atoms with Crippen LogP contribution in [0.1, 0.15) is 69.1 Å². The molecule has 2 N–H and O–H groups in total. The SMILES string of the molecule is COc1cccc2c1CC[C@@H]2Nc1nccc2cc(-c3c4c(nc(CCc5cc(F)cs5)c3-c3n[nH]c(=O)o3)[C@H]3CCCN3C4=O)sc12. The molecule has 2 aliphatic heterocycles. The molecule has 1 aromatic carbocycles. The number of hydrogen-bond donors (Lipinski definition) is 2. The number of halogens is 1. The van der Waals surface area contributed by atoms with Crippen LogP contribution in [0.2, 0.25) is 0 Å². The van der Waals surface area contributed by atoms with Crippen molar-refractivity contribution in [3.8, 4) is 27.6 Å². The van der Waals surface area contributed by atoms with Crippen LogP contribution >= 0.6 is 22.7 Å². The number of H-pyrrole nitrogens is 1. The molecule has 6 aromatic rings. The first-order valence-electron chi connectivity index (χ1n) is 15.9. The fraction of sp³-hybridized carbons (Fsp3) is 0.286. The van der Waals surface area contributed by atoms with Crippen LogP contribution in [0.25, 0.3) is 32.0 Å². The Bertz CT molecular complexity index is 2310. The molecule has 1 aliphatic carbocycles. The van der Waals surface area contributed by atoms with Gasteiger partial charge in [-0.05, 0) is 79.3 Å². The number of aromatic nitrogens is 4. The maximum atomic E-state index is 14.1. The van der Waals surface area contributed by atoms with Gasteiger partial charge in [-0.15, -0.1) is 27.8 Å². The molecule has 242 valence electrons. The summed E-state index contributed by atoms with van der Waals surface area (Å²) >= 11 is 2.89. The van der Waals surface area contributed by atoms with Crippen molar-refractivity contribution in [1.29, 1.82) is 0 Å². The Balaban J connectivity index is 1.21. The van der Waals surface area contributed by atoms with Crippen LogP contribution in [0.15, 0.2) is 57.2 Å². The number of aromatic amines is 1. The van der Waals surface area contributed by atoms with Crippen LogP contribution in [0.5, 0.6) is 5.75 Å². The molecule has 7 heterocycles. The summed E-state index contributed by atoms with van der Waals surface area (Å²) in [6.07, 6.45) is 6.32. The molecule has 13 heteroatoms. The van der Waals surface area contributed by atoms with E-state index < -0.39 is 5.76 Å². The van der Waals surface area contributed by atoms with Crippen LogP contribution in [0, 0.1) is 5.82 Å². The van der Waals surface area contributed by atoms with Gasteiger partial charge in [0.25, 0.3) is 11.8 Å². The maximum Gasteiger partial charge on any atom is 0.434 e. The summed E-state index contributed by atoms with van der Waals surface area (Å²) in [5.74, 6) is 0.682. The van der Waals surface area contributed by atoms with E-state index in [0.717, 1.165) is 62.8 Å². The summed E-state index contributed by atoms with van der Waals surface area (Å²) in [7, 11) is 1.70. The summed E-state index contributed by atoms with van der Waals surface area (Å²) in [6, 6.07) is 11.7. The summed E-state index contributed by atoms with van der Waals surface area (Å²) in [6.45, 7) is 0.661. The van der Waals surface area contributed by atoms with Crippen molar-refractivity contribution in [3.05, 3.63) is 97.3 Å². The van der Waals surface area contributed by atoms with E-state index in [2.05, 4.69) is 27.6 Å². The number of carbonyl (C=O) groups excluding carboxylic acids is 1. The molecule has 1 fully saturated rings. The van der Waals surface area contributed by atoms with E-state index >= 15 is 0 Å². The van der Waals surface area contributed by atoms with Gasteiger partial charge in [0.2, 0.25) is 0 Å². The fourth-order valence-corrected chi connectivity index (χ4v) is 9.49. The monoisotopic (exact) mass is 680 g/mol. The third-order valence-electron chi connectivity index (χ3n) is 9.66. The Morgan fingerprint density at radius 2 is 2.06 bits per heavy atom. The van der Waals surface area contributed by atoms with E-state index in [1.807, 2.05) is 23.1 Å². The van der Waals surface area contributed by atoms with E-state index in [4.69, 9.17) is 19.1 Å². The molecule has 48 heavy (non-hydrogen) atoms. The van der Waals surface area contributed by atoms with Crippen LogP contribution in [0.3, 0.4) is 0 Å². The number of fused-ring (bicyclic) bond motifs is 5. The first-order valence-corrected chi connectivity index (χ1v) is 17.6.